The lowest BCUT2D eigenvalue weighted by Gasteiger charge is -2.21. The number of rotatable bonds is 5. The number of aromatic nitrogens is 4. The van der Waals surface area contributed by atoms with Gasteiger partial charge in [-0.15, -0.1) is 0 Å². The number of hydrogen-bond acceptors (Lipinski definition) is 5. The molecule has 2 aromatic heterocycles. The van der Waals surface area contributed by atoms with E-state index in [9.17, 15) is 0 Å². The van der Waals surface area contributed by atoms with Crippen LogP contribution in [0.3, 0.4) is 0 Å². The molecule has 25 heavy (non-hydrogen) atoms. The number of aromatic amines is 1. The molecule has 0 spiro atoms. The summed E-state index contributed by atoms with van der Waals surface area (Å²) >= 11 is 12.4. The number of nitrogens with zero attached hydrogens (tertiary/aromatic N) is 4. The van der Waals surface area contributed by atoms with Gasteiger partial charge in [0.2, 0.25) is 5.65 Å². The number of H-pyrrole nitrogens is 1. The van der Waals surface area contributed by atoms with E-state index in [2.05, 4.69) is 32.0 Å². The van der Waals surface area contributed by atoms with E-state index in [1.807, 2.05) is 12.1 Å². The Morgan fingerprint density at radius 3 is 2.88 bits per heavy atom. The molecule has 1 fully saturated rings. The van der Waals surface area contributed by atoms with Gasteiger partial charge in [0.05, 0.1) is 21.9 Å². The fraction of sp³-hybridized carbons (Fsp3) is 0.353. The molecule has 6 nitrogen and oxygen atoms in total. The van der Waals surface area contributed by atoms with Crippen LogP contribution in [0.15, 0.2) is 24.4 Å². The first-order valence-corrected chi connectivity index (χ1v) is 9.00. The fourth-order valence-electron chi connectivity index (χ4n) is 2.97. The Hall–Kier alpha value is -1.89. The highest BCUT2D eigenvalue weighted by molar-refractivity contribution is 6.43. The third-order valence-electron chi connectivity index (χ3n) is 4.61. The zero-order valence-electron chi connectivity index (χ0n) is 13.7. The molecule has 0 aliphatic heterocycles. The molecular formula is C17H18Cl2N6. The summed E-state index contributed by atoms with van der Waals surface area (Å²) in [6, 6.07) is 5.78. The van der Waals surface area contributed by atoms with E-state index < -0.39 is 0 Å². The first-order valence-electron chi connectivity index (χ1n) is 8.24. The van der Waals surface area contributed by atoms with Crippen LogP contribution in [0.1, 0.15) is 13.3 Å². The third kappa shape index (κ3) is 3.05. The molecule has 1 aromatic carbocycles. The van der Waals surface area contributed by atoms with Gasteiger partial charge in [0, 0.05) is 24.7 Å². The standard InChI is InChI=1S/C17H18Cl2N6/c1-2-25(8-9-6-12(9)20)13-7-21-16-15(23-24-17(16)22-13)10-4-3-5-11(18)14(10)19/h3-5,7,9,12H,2,6,8,20H2,1H3,(H,22,23,24)/t9-,12+/m1/s1. The average Bonchev–Trinajstić information content (AvgIpc) is 3.15. The zero-order chi connectivity index (χ0) is 17.6. The van der Waals surface area contributed by atoms with Gasteiger partial charge in [0.25, 0.3) is 0 Å². The van der Waals surface area contributed by atoms with E-state index in [1.54, 1.807) is 12.3 Å². The molecule has 0 unspecified atom stereocenters. The molecule has 2 atom stereocenters. The number of nitrogens with one attached hydrogen (secondary N) is 1. The Morgan fingerprint density at radius 2 is 2.16 bits per heavy atom. The second-order valence-corrected chi connectivity index (χ2v) is 7.08. The van der Waals surface area contributed by atoms with Crippen molar-refractivity contribution in [3.63, 3.8) is 0 Å². The number of anilines is 1. The lowest BCUT2D eigenvalue weighted by Crippen LogP contribution is -2.28. The minimum Gasteiger partial charge on any atom is -0.355 e. The summed E-state index contributed by atoms with van der Waals surface area (Å²) in [7, 11) is 0. The second kappa shape index (κ2) is 6.44. The topological polar surface area (TPSA) is 83.7 Å². The molecular weight excluding hydrogens is 359 g/mol. The normalized spacial score (nSPS) is 19.4. The molecule has 3 aromatic rings. The highest BCUT2D eigenvalue weighted by atomic mass is 35.5. The van der Waals surface area contributed by atoms with Crippen LogP contribution in [0.5, 0.6) is 0 Å². The van der Waals surface area contributed by atoms with Crippen molar-refractivity contribution in [2.45, 2.75) is 19.4 Å². The molecule has 0 bridgehead atoms. The minimum atomic E-state index is 0.313. The van der Waals surface area contributed by atoms with E-state index in [4.69, 9.17) is 28.9 Å². The Morgan fingerprint density at radius 1 is 1.36 bits per heavy atom. The monoisotopic (exact) mass is 376 g/mol. The second-order valence-electron chi connectivity index (χ2n) is 6.30. The molecule has 130 valence electrons. The predicted molar refractivity (Wildman–Crippen MR) is 101 cm³/mol. The maximum atomic E-state index is 6.32. The summed E-state index contributed by atoms with van der Waals surface area (Å²) in [6.45, 7) is 3.84. The van der Waals surface area contributed by atoms with Gasteiger partial charge in [-0.25, -0.2) is 9.97 Å². The molecule has 4 rings (SSSR count). The van der Waals surface area contributed by atoms with Gasteiger partial charge < -0.3 is 10.6 Å². The lowest BCUT2D eigenvalue weighted by atomic mass is 10.1. The molecule has 8 heteroatoms. The third-order valence-corrected chi connectivity index (χ3v) is 5.43. The predicted octanol–water partition coefficient (Wildman–Crippen LogP) is 3.50. The summed E-state index contributed by atoms with van der Waals surface area (Å²) in [4.78, 5) is 11.4. The molecule has 1 aliphatic carbocycles. The smallest absolute Gasteiger partial charge is 0.202 e. The zero-order valence-corrected chi connectivity index (χ0v) is 15.2. The van der Waals surface area contributed by atoms with Crippen LogP contribution in [0.4, 0.5) is 5.82 Å². The summed E-state index contributed by atoms with van der Waals surface area (Å²) < 4.78 is 0. The Labute approximate surface area is 155 Å². The van der Waals surface area contributed by atoms with Crippen molar-refractivity contribution in [1.29, 1.82) is 0 Å². The molecule has 1 saturated carbocycles. The van der Waals surface area contributed by atoms with Crippen molar-refractivity contribution >= 4 is 40.2 Å². The van der Waals surface area contributed by atoms with Gasteiger partial charge in [-0.2, -0.15) is 5.10 Å². The summed E-state index contributed by atoms with van der Waals surface area (Å²) in [6.07, 6.45) is 2.85. The Kier molecular flexibility index (Phi) is 4.27. The number of halogens is 2. The van der Waals surface area contributed by atoms with E-state index in [1.165, 1.54) is 0 Å². The maximum Gasteiger partial charge on any atom is 0.202 e. The molecule has 0 radical (unpaired) electrons. The van der Waals surface area contributed by atoms with Crippen LogP contribution in [0.2, 0.25) is 10.0 Å². The fourth-order valence-corrected chi connectivity index (χ4v) is 3.37. The van der Waals surface area contributed by atoms with Crippen LogP contribution in [0.25, 0.3) is 22.4 Å². The molecule has 0 amide bonds. The number of fused-ring (bicyclic) bond motifs is 1. The van der Waals surface area contributed by atoms with Crippen molar-refractivity contribution in [3.8, 4) is 11.3 Å². The van der Waals surface area contributed by atoms with Crippen LogP contribution in [0, 0.1) is 5.92 Å². The molecule has 3 N–H and O–H groups in total. The van der Waals surface area contributed by atoms with E-state index in [0.717, 1.165) is 30.9 Å². The van der Waals surface area contributed by atoms with Gasteiger partial charge in [-0.3, -0.25) is 5.10 Å². The number of hydrogen-bond donors (Lipinski definition) is 2. The minimum absolute atomic E-state index is 0.313. The van der Waals surface area contributed by atoms with Gasteiger partial charge in [-0.05, 0) is 25.3 Å². The molecule has 0 saturated heterocycles. The largest absolute Gasteiger partial charge is 0.355 e. The van der Waals surface area contributed by atoms with Crippen LogP contribution in [-0.4, -0.2) is 39.3 Å². The van der Waals surface area contributed by atoms with Gasteiger partial charge in [-0.1, -0.05) is 35.3 Å². The number of benzene rings is 1. The summed E-state index contributed by atoms with van der Waals surface area (Å²) in [5.41, 5.74) is 8.64. The SMILES string of the molecule is CCN(C[C@H]1C[C@@H]1N)c1cnc2c(-c3cccc(Cl)c3Cl)[nH]nc2n1. The average molecular weight is 377 g/mol. The quantitative estimate of drug-likeness (QED) is 0.711. The summed E-state index contributed by atoms with van der Waals surface area (Å²) in [5, 5.41) is 8.25. The maximum absolute atomic E-state index is 6.32. The van der Waals surface area contributed by atoms with Crippen LogP contribution >= 0.6 is 23.2 Å². The highest BCUT2D eigenvalue weighted by Gasteiger charge is 2.35. The van der Waals surface area contributed by atoms with Gasteiger partial charge in [0.15, 0.2) is 0 Å². The van der Waals surface area contributed by atoms with Gasteiger partial charge >= 0.3 is 0 Å². The first kappa shape index (κ1) is 16.6. The van der Waals surface area contributed by atoms with Gasteiger partial charge in [0.1, 0.15) is 11.3 Å². The van der Waals surface area contributed by atoms with E-state index in [0.29, 0.717) is 38.9 Å². The highest BCUT2D eigenvalue weighted by Crippen LogP contribution is 2.35. The molecule has 2 heterocycles. The van der Waals surface area contributed by atoms with E-state index >= 15 is 0 Å². The Balaban J connectivity index is 1.70. The van der Waals surface area contributed by atoms with Crippen molar-refractivity contribution in [3.05, 3.63) is 34.4 Å². The first-order chi connectivity index (χ1) is 12.1. The van der Waals surface area contributed by atoms with Crippen molar-refractivity contribution < 1.29 is 0 Å². The van der Waals surface area contributed by atoms with E-state index in [-0.39, 0.29) is 0 Å². The van der Waals surface area contributed by atoms with Crippen LogP contribution < -0.4 is 10.6 Å². The summed E-state index contributed by atoms with van der Waals surface area (Å²) in [5.74, 6) is 1.35. The molecule has 1 aliphatic rings. The van der Waals surface area contributed by atoms with Crippen molar-refractivity contribution in [1.82, 2.24) is 20.2 Å². The van der Waals surface area contributed by atoms with Crippen molar-refractivity contribution in [2.24, 2.45) is 11.7 Å². The number of nitrogens with two attached hydrogens (primary N) is 1. The Bertz CT molecular complexity index is 925. The van der Waals surface area contributed by atoms with Crippen molar-refractivity contribution in [2.75, 3.05) is 18.0 Å². The lowest BCUT2D eigenvalue weighted by molar-refractivity contribution is 0.710. The van der Waals surface area contributed by atoms with Crippen LogP contribution in [-0.2, 0) is 0 Å².